The number of fused-ring (bicyclic) bond motifs is 1. The van der Waals surface area contributed by atoms with Crippen molar-refractivity contribution in [1.29, 1.82) is 0 Å². The first kappa shape index (κ1) is 20.0. The lowest BCUT2D eigenvalue weighted by Gasteiger charge is -2.10. The van der Waals surface area contributed by atoms with Gasteiger partial charge in [-0.25, -0.2) is 4.39 Å². The van der Waals surface area contributed by atoms with Crippen molar-refractivity contribution in [3.8, 4) is 22.8 Å². The third-order valence-electron chi connectivity index (χ3n) is 4.63. The largest absolute Gasteiger partial charge is 0.298 e. The van der Waals surface area contributed by atoms with Gasteiger partial charge < -0.3 is 0 Å². The number of nitrogens with zero attached hydrogens (tertiary/aromatic N) is 8. The molecule has 10 heteroatoms. The van der Waals surface area contributed by atoms with Crippen LogP contribution in [0.25, 0.3) is 28.4 Å². The van der Waals surface area contributed by atoms with Gasteiger partial charge in [0, 0.05) is 24.5 Å². The van der Waals surface area contributed by atoms with Crippen molar-refractivity contribution in [2.75, 3.05) is 0 Å². The first-order valence-corrected chi connectivity index (χ1v) is 10.5. The Balaban J connectivity index is 1.55. The highest BCUT2D eigenvalue weighted by Crippen LogP contribution is 2.30. The molecule has 0 aliphatic carbocycles. The van der Waals surface area contributed by atoms with Crippen molar-refractivity contribution >= 4 is 17.4 Å². The zero-order valence-corrected chi connectivity index (χ0v) is 17.9. The Kier molecular flexibility index (Phi) is 5.20. The second-order valence-electron chi connectivity index (χ2n) is 7.13. The third kappa shape index (κ3) is 3.76. The van der Waals surface area contributed by atoms with E-state index in [1.807, 2.05) is 29.7 Å². The maximum Gasteiger partial charge on any atom is 0.198 e. The Morgan fingerprint density at radius 1 is 0.969 bits per heavy atom. The highest BCUT2D eigenvalue weighted by molar-refractivity contribution is 7.99. The molecular formula is C22H17FN8S. The number of pyridine rings is 1. The van der Waals surface area contributed by atoms with E-state index in [0.717, 1.165) is 17.0 Å². The molecule has 0 atom stereocenters. The molecule has 0 radical (unpaired) electrons. The Morgan fingerprint density at radius 3 is 2.53 bits per heavy atom. The standard InChI is InChI=1S/C22H17FN8S/c1-14(2)13-30-20(15-9-11-24-12-10-15)26-28-22(30)32-19-8-7-18-25-27-21(31(18)29-19)16-5-3-4-6-17(16)23/h3-12H,1,13H2,2H3. The zero-order chi connectivity index (χ0) is 22.1. The minimum Gasteiger partial charge on any atom is -0.298 e. The quantitative estimate of drug-likeness (QED) is 0.361. The van der Waals surface area contributed by atoms with E-state index in [2.05, 4.69) is 37.1 Å². The molecule has 0 amide bonds. The Hall–Kier alpha value is -3.92. The lowest BCUT2D eigenvalue weighted by molar-refractivity contribution is 0.629. The molecule has 0 aliphatic heterocycles. The van der Waals surface area contributed by atoms with E-state index >= 15 is 0 Å². The number of benzene rings is 1. The van der Waals surface area contributed by atoms with E-state index in [1.54, 1.807) is 36.7 Å². The van der Waals surface area contributed by atoms with Crippen LogP contribution in [-0.4, -0.2) is 39.6 Å². The first-order valence-electron chi connectivity index (χ1n) is 9.73. The van der Waals surface area contributed by atoms with Gasteiger partial charge in [0.05, 0.1) is 5.56 Å². The summed E-state index contributed by atoms with van der Waals surface area (Å²) >= 11 is 1.35. The smallest absolute Gasteiger partial charge is 0.198 e. The molecule has 8 nitrogen and oxygen atoms in total. The van der Waals surface area contributed by atoms with Gasteiger partial charge in [0.1, 0.15) is 10.8 Å². The zero-order valence-electron chi connectivity index (χ0n) is 17.1. The summed E-state index contributed by atoms with van der Waals surface area (Å²) in [5.74, 6) is 0.668. The molecule has 5 rings (SSSR count). The maximum atomic E-state index is 14.3. The van der Waals surface area contributed by atoms with Gasteiger partial charge >= 0.3 is 0 Å². The molecule has 32 heavy (non-hydrogen) atoms. The van der Waals surface area contributed by atoms with Crippen molar-refractivity contribution < 1.29 is 4.39 Å². The van der Waals surface area contributed by atoms with Crippen molar-refractivity contribution in [2.24, 2.45) is 0 Å². The second kappa shape index (κ2) is 8.31. The summed E-state index contributed by atoms with van der Waals surface area (Å²) in [4.78, 5) is 4.07. The summed E-state index contributed by atoms with van der Waals surface area (Å²) in [5, 5.41) is 22.9. The van der Waals surface area contributed by atoms with E-state index < -0.39 is 0 Å². The van der Waals surface area contributed by atoms with Crippen LogP contribution < -0.4 is 0 Å². The Morgan fingerprint density at radius 2 is 1.75 bits per heavy atom. The average molecular weight is 444 g/mol. The van der Waals surface area contributed by atoms with Crippen LogP contribution in [0.2, 0.25) is 0 Å². The van der Waals surface area contributed by atoms with Crippen LogP contribution in [0, 0.1) is 5.82 Å². The normalized spacial score (nSPS) is 11.2. The summed E-state index contributed by atoms with van der Waals surface area (Å²) in [5.41, 5.74) is 2.73. The van der Waals surface area contributed by atoms with E-state index in [9.17, 15) is 4.39 Å². The lowest BCUT2D eigenvalue weighted by atomic mass is 10.2. The van der Waals surface area contributed by atoms with Crippen LogP contribution >= 0.6 is 11.8 Å². The van der Waals surface area contributed by atoms with Crippen LogP contribution in [0.1, 0.15) is 6.92 Å². The van der Waals surface area contributed by atoms with E-state index in [1.165, 1.54) is 22.3 Å². The van der Waals surface area contributed by atoms with Gasteiger partial charge in [-0.05, 0) is 55.1 Å². The summed E-state index contributed by atoms with van der Waals surface area (Å²) in [7, 11) is 0. The number of hydrogen-bond acceptors (Lipinski definition) is 7. The molecule has 4 aromatic heterocycles. The number of halogens is 1. The van der Waals surface area contributed by atoms with Crippen molar-refractivity contribution in [1.82, 2.24) is 39.6 Å². The molecule has 4 heterocycles. The first-order chi connectivity index (χ1) is 15.6. The monoisotopic (exact) mass is 444 g/mol. The van der Waals surface area contributed by atoms with Gasteiger partial charge in [-0.15, -0.1) is 20.4 Å². The summed E-state index contributed by atoms with van der Waals surface area (Å²) in [6.45, 7) is 6.54. The molecule has 0 fully saturated rings. The summed E-state index contributed by atoms with van der Waals surface area (Å²) < 4.78 is 17.8. The van der Waals surface area contributed by atoms with Crippen molar-refractivity contribution in [3.63, 3.8) is 0 Å². The molecular weight excluding hydrogens is 427 g/mol. The van der Waals surface area contributed by atoms with Crippen LogP contribution in [-0.2, 0) is 6.54 Å². The maximum absolute atomic E-state index is 14.3. The topological polar surface area (TPSA) is 86.7 Å². The predicted molar refractivity (Wildman–Crippen MR) is 118 cm³/mol. The van der Waals surface area contributed by atoms with E-state index in [-0.39, 0.29) is 5.82 Å². The number of aromatic nitrogens is 8. The molecule has 0 spiro atoms. The molecule has 0 saturated carbocycles. The van der Waals surface area contributed by atoms with Gasteiger partial charge in [0.15, 0.2) is 22.5 Å². The SMILES string of the molecule is C=C(C)Cn1c(Sc2ccc3nnc(-c4ccccc4F)n3n2)nnc1-c1ccncc1. The van der Waals surface area contributed by atoms with Gasteiger partial charge in [0.25, 0.3) is 0 Å². The van der Waals surface area contributed by atoms with Crippen LogP contribution in [0.15, 0.2) is 83.3 Å². The summed E-state index contributed by atoms with van der Waals surface area (Å²) in [6, 6.07) is 13.8. The molecule has 0 N–H and O–H groups in total. The molecule has 0 saturated heterocycles. The van der Waals surface area contributed by atoms with E-state index in [4.69, 9.17) is 0 Å². The Labute approximate surface area is 186 Å². The fourth-order valence-electron chi connectivity index (χ4n) is 3.22. The lowest BCUT2D eigenvalue weighted by Crippen LogP contribution is -2.04. The molecule has 0 aliphatic rings. The molecule has 5 aromatic rings. The predicted octanol–water partition coefficient (Wildman–Crippen LogP) is 4.31. The van der Waals surface area contributed by atoms with Crippen molar-refractivity contribution in [3.05, 3.63) is 78.9 Å². The van der Waals surface area contributed by atoms with Gasteiger partial charge in [-0.3, -0.25) is 9.55 Å². The fraction of sp³-hybridized carbons (Fsp3) is 0.0909. The van der Waals surface area contributed by atoms with Crippen molar-refractivity contribution in [2.45, 2.75) is 23.7 Å². The number of allylic oxidation sites excluding steroid dienone is 1. The average Bonchev–Trinajstić information content (AvgIpc) is 3.38. The third-order valence-corrected chi connectivity index (χ3v) is 5.54. The minimum absolute atomic E-state index is 0.333. The molecule has 0 bridgehead atoms. The second-order valence-corrected chi connectivity index (χ2v) is 8.12. The minimum atomic E-state index is -0.384. The van der Waals surface area contributed by atoms with Crippen LogP contribution in [0.3, 0.4) is 0 Å². The summed E-state index contributed by atoms with van der Waals surface area (Å²) in [6.07, 6.45) is 3.43. The van der Waals surface area contributed by atoms with Gasteiger partial charge in [-0.2, -0.15) is 9.61 Å². The van der Waals surface area contributed by atoms with Crippen LogP contribution in [0.5, 0.6) is 0 Å². The van der Waals surface area contributed by atoms with Gasteiger partial charge in [0.2, 0.25) is 0 Å². The number of rotatable bonds is 6. The van der Waals surface area contributed by atoms with Gasteiger partial charge in [-0.1, -0.05) is 24.3 Å². The molecule has 158 valence electrons. The van der Waals surface area contributed by atoms with E-state index in [0.29, 0.717) is 33.8 Å². The molecule has 0 unspecified atom stereocenters. The fourth-order valence-corrected chi connectivity index (χ4v) is 4.01. The highest BCUT2D eigenvalue weighted by Gasteiger charge is 2.18. The Bertz CT molecular complexity index is 1430. The van der Waals surface area contributed by atoms with Crippen LogP contribution in [0.4, 0.5) is 4.39 Å². The molecule has 1 aromatic carbocycles. The number of hydrogen-bond donors (Lipinski definition) is 0. The highest BCUT2D eigenvalue weighted by atomic mass is 32.2.